The molecule has 1 saturated heterocycles. The van der Waals surface area contributed by atoms with E-state index in [-0.39, 0.29) is 17.7 Å². The molecule has 0 radical (unpaired) electrons. The number of rotatable bonds is 8. The number of piperidine rings is 1. The fourth-order valence-corrected chi connectivity index (χ4v) is 4.45. The van der Waals surface area contributed by atoms with Crippen LogP contribution in [0, 0.1) is 24.7 Å². The number of benzene rings is 1. The van der Waals surface area contributed by atoms with E-state index in [1.165, 1.54) is 10.9 Å². The van der Waals surface area contributed by atoms with Crippen LogP contribution in [0.2, 0.25) is 0 Å². The minimum Gasteiger partial charge on any atom is -0.492 e. The van der Waals surface area contributed by atoms with Gasteiger partial charge in [-0.3, -0.25) is 14.7 Å². The second-order valence-electron chi connectivity index (χ2n) is 9.44. The average molecular weight is 435 g/mol. The van der Waals surface area contributed by atoms with Crippen LogP contribution in [0.4, 0.5) is 0 Å². The number of pyridine rings is 1. The van der Waals surface area contributed by atoms with E-state index in [9.17, 15) is 4.79 Å². The third-order valence-corrected chi connectivity index (χ3v) is 6.11. The number of aromatic nitrogens is 2. The summed E-state index contributed by atoms with van der Waals surface area (Å²) >= 11 is 0. The molecule has 1 aliphatic heterocycles. The van der Waals surface area contributed by atoms with Crippen molar-refractivity contribution in [3.63, 3.8) is 0 Å². The van der Waals surface area contributed by atoms with Crippen molar-refractivity contribution in [2.75, 3.05) is 26.2 Å². The molecular weight excluding hydrogens is 400 g/mol. The molecule has 3 aromatic rings. The molecule has 4 rings (SSSR count). The zero-order chi connectivity index (χ0) is 22.5. The number of hydrogen-bond acceptors (Lipinski definition) is 4. The monoisotopic (exact) mass is 434 g/mol. The highest BCUT2D eigenvalue weighted by Crippen LogP contribution is 2.27. The maximum absolute atomic E-state index is 12.9. The van der Waals surface area contributed by atoms with Crippen molar-refractivity contribution in [1.82, 2.24) is 20.2 Å². The molecule has 3 heterocycles. The number of H-pyrrole nitrogens is 1. The lowest BCUT2D eigenvalue weighted by molar-refractivity contribution is -0.128. The predicted octanol–water partition coefficient (Wildman–Crippen LogP) is 4.16. The highest BCUT2D eigenvalue weighted by molar-refractivity contribution is 5.83. The minimum absolute atomic E-state index is 0.0301. The van der Waals surface area contributed by atoms with Crippen molar-refractivity contribution in [3.05, 3.63) is 60.0 Å². The third kappa shape index (κ3) is 5.68. The van der Waals surface area contributed by atoms with Crippen LogP contribution >= 0.6 is 0 Å². The Bertz CT molecular complexity index is 1030. The van der Waals surface area contributed by atoms with Crippen LogP contribution < -0.4 is 10.1 Å². The smallest absolute Gasteiger partial charge is 0.224 e. The van der Waals surface area contributed by atoms with Crippen molar-refractivity contribution in [1.29, 1.82) is 0 Å². The van der Waals surface area contributed by atoms with Crippen molar-refractivity contribution in [2.45, 2.75) is 33.7 Å². The summed E-state index contributed by atoms with van der Waals surface area (Å²) in [7, 11) is 0. The maximum atomic E-state index is 12.9. The Morgan fingerprint density at radius 1 is 1.25 bits per heavy atom. The molecule has 1 fully saturated rings. The fourth-order valence-electron chi connectivity index (χ4n) is 4.45. The van der Waals surface area contributed by atoms with Gasteiger partial charge in [-0.15, -0.1) is 0 Å². The van der Waals surface area contributed by atoms with Gasteiger partial charge in [-0.05, 0) is 43.0 Å². The first-order valence-corrected chi connectivity index (χ1v) is 11.6. The van der Waals surface area contributed by atoms with E-state index in [2.05, 4.69) is 58.4 Å². The number of amides is 1. The Hall–Kier alpha value is -2.86. The summed E-state index contributed by atoms with van der Waals surface area (Å²) in [5.41, 5.74) is 3.39. The number of hydrogen-bond donors (Lipinski definition) is 2. The molecule has 170 valence electrons. The van der Waals surface area contributed by atoms with Gasteiger partial charge >= 0.3 is 0 Å². The molecular formula is C26H34N4O2. The van der Waals surface area contributed by atoms with Gasteiger partial charge in [0.2, 0.25) is 5.91 Å². The molecule has 0 bridgehead atoms. The first-order chi connectivity index (χ1) is 15.5. The molecule has 2 N–H and O–H groups in total. The summed E-state index contributed by atoms with van der Waals surface area (Å²) in [6.07, 6.45) is 4.71. The number of ether oxygens (including phenoxy) is 1. The van der Waals surface area contributed by atoms with Crippen molar-refractivity contribution >= 4 is 16.8 Å². The molecule has 1 aliphatic rings. The number of likely N-dealkylation sites (tertiary alicyclic amines) is 1. The SMILES string of the molecule is Cc1ccc(OC[C@H]2C[C@@H](C(=O)NCC(C)C)CN(Cc3c[nH]c4ccccc34)C2)cn1. The Balaban J connectivity index is 1.45. The van der Waals surface area contributed by atoms with Gasteiger partial charge in [-0.1, -0.05) is 32.0 Å². The lowest BCUT2D eigenvalue weighted by atomic mass is 9.88. The molecule has 6 nitrogen and oxygen atoms in total. The summed E-state index contributed by atoms with van der Waals surface area (Å²) in [6, 6.07) is 12.3. The second kappa shape index (κ2) is 10.2. The molecule has 32 heavy (non-hydrogen) atoms. The number of fused-ring (bicyclic) bond motifs is 1. The van der Waals surface area contributed by atoms with E-state index in [4.69, 9.17) is 4.74 Å². The summed E-state index contributed by atoms with van der Waals surface area (Å²) in [4.78, 5) is 23.0. The van der Waals surface area contributed by atoms with Gasteiger partial charge in [0, 0.05) is 54.9 Å². The highest BCUT2D eigenvalue weighted by atomic mass is 16.5. The largest absolute Gasteiger partial charge is 0.492 e. The fraction of sp³-hybridized carbons (Fsp3) is 0.462. The van der Waals surface area contributed by atoms with Crippen LogP contribution in [-0.4, -0.2) is 47.0 Å². The van der Waals surface area contributed by atoms with Crippen LogP contribution in [0.5, 0.6) is 5.75 Å². The van der Waals surface area contributed by atoms with Crippen LogP contribution in [0.25, 0.3) is 10.9 Å². The van der Waals surface area contributed by atoms with E-state index < -0.39 is 0 Å². The molecule has 2 atom stereocenters. The van der Waals surface area contributed by atoms with Gasteiger partial charge in [0.15, 0.2) is 0 Å². The quantitative estimate of drug-likeness (QED) is 0.559. The second-order valence-corrected chi connectivity index (χ2v) is 9.44. The lowest BCUT2D eigenvalue weighted by Gasteiger charge is -2.37. The zero-order valence-electron chi connectivity index (χ0n) is 19.3. The molecule has 1 aromatic carbocycles. The first kappa shape index (κ1) is 22.3. The topological polar surface area (TPSA) is 70.2 Å². The normalized spacial score (nSPS) is 19.4. The highest BCUT2D eigenvalue weighted by Gasteiger charge is 2.32. The van der Waals surface area contributed by atoms with Gasteiger partial charge in [-0.2, -0.15) is 0 Å². The number of aromatic amines is 1. The lowest BCUT2D eigenvalue weighted by Crippen LogP contribution is -2.47. The third-order valence-electron chi connectivity index (χ3n) is 6.11. The Morgan fingerprint density at radius 3 is 2.88 bits per heavy atom. The summed E-state index contributed by atoms with van der Waals surface area (Å²) in [5.74, 6) is 1.63. The summed E-state index contributed by atoms with van der Waals surface area (Å²) in [5, 5.41) is 4.39. The summed E-state index contributed by atoms with van der Waals surface area (Å²) < 4.78 is 6.05. The zero-order valence-corrected chi connectivity index (χ0v) is 19.3. The van der Waals surface area contributed by atoms with Gasteiger partial charge < -0.3 is 15.0 Å². The number of carbonyl (C=O) groups excluding carboxylic acids is 1. The Kier molecular flexibility index (Phi) is 7.10. The predicted molar refractivity (Wildman–Crippen MR) is 127 cm³/mol. The van der Waals surface area contributed by atoms with E-state index in [0.29, 0.717) is 19.1 Å². The molecule has 0 spiro atoms. The Labute approximate surface area is 190 Å². The van der Waals surface area contributed by atoms with E-state index in [1.54, 1.807) is 6.20 Å². The van der Waals surface area contributed by atoms with Crippen LogP contribution in [0.3, 0.4) is 0 Å². The molecule has 1 amide bonds. The van der Waals surface area contributed by atoms with Crippen LogP contribution in [0.15, 0.2) is 48.8 Å². The van der Waals surface area contributed by atoms with Gasteiger partial charge in [0.05, 0.1) is 18.7 Å². The standard InChI is InChI=1S/C26H34N4O2/c1-18(2)11-29-26(31)21-10-20(17-32-23-9-8-19(3)27-13-23)14-30(15-21)16-22-12-28-25-7-5-4-6-24(22)25/h4-9,12-13,18,20-21,28H,10-11,14-17H2,1-3H3,(H,29,31)/t20-,21+/m0/s1. The van der Waals surface area contributed by atoms with E-state index in [1.807, 2.05) is 25.1 Å². The molecule has 2 aromatic heterocycles. The van der Waals surface area contributed by atoms with Crippen molar-refractivity contribution in [2.24, 2.45) is 17.8 Å². The van der Waals surface area contributed by atoms with Gasteiger partial charge in [0.25, 0.3) is 0 Å². The maximum Gasteiger partial charge on any atom is 0.224 e. The van der Waals surface area contributed by atoms with Crippen molar-refractivity contribution in [3.8, 4) is 5.75 Å². The van der Waals surface area contributed by atoms with Gasteiger partial charge in [0.1, 0.15) is 5.75 Å². The number of aryl methyl sites for hydroxylation is 1. The van der Waals surface area contributed by atoms with Gasteiger partial charge in [-0.25, -0.2) is 0 Å². The van der Waals surface area contributed by atoms with E-state index in [0.717, 1.165) is 43.0 Å². The molecule has 0 aliphatic carbocycles. The average Bonchev–Trinajstić information content (AvgIpc) is 3.19. The van der Waals surface area contributed by atoms with E-state index >= 15 is 0 Å². The number of carbonyl (C=O) groups is 1. The van der Waals surface area contributed by atoms with Crippen LogP contribution in [-0.2, 0) is 11.3 Å². The molecule has 0 unspecified atom stereocenters. The molecule has 6 heteroatoms. The first-order valence-electron chi connectivity index (χ1n) is 11.6. The summed E-state index contributed by atoms with van der Waals surface area (Å²) in [6.45, 7) is 10.0. The number of nitrogens with zero attached hydrogens (tertiary/aromatic N) is 2. The van der Waals surface area contributed by atoms with Crippen LogP contribution in [0.1, 0.15) is 31.5 Å². The Morgan fingerprint density at radius 2 is 2.09 bits per heavy atom. The number of nitrogens with one attached hydrogen (secondary N) is 2. The molecule has 0 saturated carbocycles. The minimum atomic E-state index is -0.0301. The number of para-hydroxylation sites is 1. The van der Waals surface area contributed by atoms with Crippen molar-refractivity contribution < 1.29 is 9.53 Å².